The number of nitrogens with one attached hydrogen (secondary N) is 4. The number of rotatable bonds is 8. The first-order valence-corrected chi connectivity index (χ1v) is 9.14. The Morgan fingerprint density at radius 3 is 2.57 bits per heavy atom. The molecule has 0 aliphatic rings. The van der Waals surface area contributed by atoms with Crippen molar-refractivity contribution in [2.45, 2.75) is 26.1 Å². The van der Waals surface area contributed by atoms with E-state index in [0.717, 1.165) is 0 Å². The van der Waals surface area contributed by atoms with Crippen LogP contribution in [0.25, 0.3) is 11.0 Å². The molecule has 1 amide bonds. The number of fused-ring (bicyclic) bond motifs is 1. The van der Waals surface area contributed by atoms with Gasteiger partial charge in [0.1, 0.15) is 23.8 Å². The summed E-state index contributed by atoms with van der Waals surface area (Å²) in [6, 6.07) is 8.29. The molecule has 0 fully saturated rings. The van der Waals surface area contributed by atoms with Gasteiger partial charge in [-0.1, -0.05) is 0 Å². The molecule has 11 heteroatoms. The summed E-state index contributed by atoms with van der Waals surface area (Å²) in [7, 11) is 0. The van der Waals surface area contributed by atoms with Gasteiger partial charge in [0.2, 0.25) is 5.95 Å². The molecule has 0 radical (unpaired) electrons. The summed E-state index contributed by atoms with van der Waals surface area (Å²) < 4.78 is 43.1. The molecule has 2 heterocycles. The summed E-state index contributed by atoms with van der Waals surface area (Å²) in [5.41, 5.74) is 0.995. The first kappa shape index (κ1) is 21.2. The number of carbonyl (C=O) groups excluding carboxylic acids is 1. The van der Waals surface area contributed by atoms with Crippen LogP contribution < -0.4 is 20.7 Å². The minimum Gasteiger partial charge on any atom is -0.484 e. The maximum Gasteiger partial charge on any atom is 0.405 e. The predicted octanol–water partition coefficient (Wildman–Crippen LogP) is 3.58. The van der Waals surface area contributed by atoms with E-state index in [4.69, 9.17) is 4.74 Å². The number of ether oxygens (including phenoxy) is 1. The molecule has 0 saturated heterocycles. The van der Waals surface area contributed by atoms with E-state index in [1.807, 2.05) is 13.8 Å². The van der Waals surface area contributed by atoms with E-state index in [1.54, 1.807) is 36.5 Å². The quantitative estimate of drug-likeness (QED) is 0.442. The van der Waals surface area contributed by atoms with E-state index in [0.29, 0.717) is 22.5 Å². The minimum atomic E-state index is -4.37. The summed E-state index contributed by atoms with van der Waals surface area (Å²) in [5, 5.41) is 8.41. The third kappa shape index (κ3) is 6.00. The summed E-state index contributed by atoms with van der Waals surface area (Å²) in [4.78, 5) is 22.9. The van der Waals surface area contributed by atoms with E-state index < -0.39 is 12.7 Å². The first-order valence-electron chi connectivity index (χ1n) is 9.14. The van der Waals surface area contributed by atoms with Crippen molar-refractivity contribution in [2.24, 2.45) is 0 Å². The number of carbonyl (C=O) groups is 1. The highest BCUT2D eigenvalue weighted by molar-refractivity contribution is 5.88. The lowest BCUT2D eigenvalue weighted by atomic mass is 10.3. The fourth-order valence-electron chi connectivity index (χ4n) is 2.59. The zero-order chi connectivity index (χ0) is 21.7. The second-order valence-electron chi connectivity index (χ2n) is 6.76. The van der Waals surface area contributed by atoms with Gasteiger partial charge in [0.25, 0.3) is 5.91 Å². The monoisotopic (exact) mass is 422 g/mol. The van der Waals surface area contributed by atoms with Crippen LogP contribution in [0.2, 0.25) is 0 Å². The zero-order valence-corrected chi connectivity index (χ0v) is 16.3. The Labute approximate surface area is 170 Å². The Hall–Kier alpha value is -3.50. The molecular formula is C19H21F3N6O2. The maximum absolute atomic E-state index is 12.6. The van der Waals surface area contributed by atoms with Crippen LogP contribution >= 0.6 is 0 Å². The Bertz CT molecular complexity index is 1000. The third-order valence-corrected chi connectivity index (χ3v) is 3.80. The normalized spacial score (nSPS) is 11.5. The first-order chi connectivity index (χ1) is 14.2. The van der Waals surface area contributed by atoms with Crippen molar-refractivity contribution in [1.82, 2.24) is 20.3 Å². The lowest BCUT2D eigenvalue weighted by Gasteiger charge is -2.12. The van der Waals surface area contributed by atoms with Crippen LogP contribution in [0.15, 0.2) is 36.5 Å². The molecule has 4 N–H and O–H groups in total. The van der Waals surface area contributed by atoms with Crippen molar-refractivity contribution < 1.29 is 22.7 Å². The second kappa shape index (κ2) is 8.89. The Morgan fingerprint density at radius 2 is 1.90 bits per heavy atom. The highest BCUT2D eigenvalue weighted by Gasteiger charge is 2.27. The highest BCUT2D eigenvalue weighted by Crippen LogP contribution is 2.25. The van der Waals surface area contributed by atoms with E-state index in [2.05, 4.69) is 30.9 Å². The van der Waals surface area contributed by atoms with E-state index in [-0.39, 0.29) is 30.3 Å². The topological polar surface area (TPSA) is 104 Å². The highest BCUT2D eigenvalue weighted by atomic mass is 19.4. The van der Waals surface area contributed by atoms with Gasteiger partial charge in [0.15, 0.2) is 6.61 Å². The van der Waals surface area contributed by atoms with E-state index in [1.165, 1.54) is 0 Å². The molecule has 3 aromatic rings. The molecule has 3 rings (SSSR count). The standard InChI is InChI=1S/C19H21F3N6O2/c1-11(2)25-15(29)9-30-13-5-3-12(4-6-13)26-18-27-16-14(7-8-23-16)17(28-18)24-10-19(20,21)22/h3-8,11H,9-10H2,1-2H3,(H,25,29)(H3,23,24,26,27,28). The molecule has 0 atom stereocenters. The molecule has 30 heavy (non-hydrogen) atoms. The van der Waals surface area contributed by atoms with Crippen LogP contribution in [0, 0.1) is 0 Å². The van der Waals surface area contributed by atoms with Gasteiger partial charge in [0, 0.05) is 17.9 Å². The Balaban J connectivity index is 1.67. The van der Waals surface area contributed by atoms with Crippen LogP contribution in [0.1, 0.15) is 13.8 Å². The van der Waals surface area contributed by atoms with Crippen molar-refractivity contribution in [3.05, 3.63) is 36.5 Å². The average molecular weight is 422 g/mol. The van der Waals surface area contributed by atoms with Crippen LogP contribution in [0.4, 0.5) is 30.6 Å². The number of H-pyrrole nitrogens is 1. The van der Waals surface area contributed by atoms with Gasteiger partial charge in [-0.25, -0.2) is 0 Å². The molecule has 8 nitrogen and oxygen atoms in total. The fourth-order valence-corrected chi connectivity index (χ4v) is 2.59. The zero-order valence-electron chi connectivity index (χ0n) is 16.3. The van der Waals surface area contributed by atoms with Crippen molar-refractivity contribution in [2.75, 3.05) is 23.8 Å². The average Bonchev–Trinajstić information content (AvgIpc) is 3.13. The number of nitrogens with zero attached hydrogens (tertiary/aromatic N) is 2. The molecule has 2 aromatic heterocycles. The fraction of sp³-hybridized carbons (Fsp3) is 0.316. The van der Waals surface area contributed by atoms with Crippen LogP contribution in [-0.4, -0.2) is 46.2 Å². The number of aromatic amines is 1. The van der Waals surface area contributed by atoms with Crippen molar-refractivity contribution >= 4 is 34.4 Å². The SMILES string of the molecule is CC(C)NC(=O)COc1ccc(Nc2nc(NCC(F)(F)F)c3cc[nH]c3n2)cc1. The van der Waals surface area contributed by atoms with E-state index >= 15 is 0 Å². The number of benzene rings is 1. The molecule has 1 aromatic carbocycles. The van der Waals surface area contributed by atoms with Gasteiger partial charge in [-0.15, -0.1) is 0 Å². The van der Waals surface area contributed by atoms with Gasteiger partial charge in [0.05, 0.1) is 5.39 Å². The van der Waals surface area contributed by atoms with Crippen molar-refractivity contribution in [3.8, 4) is 5.75 Å². The molecule has 0 saturated carbocycles. The molecule has 0 aliphatic carbocycles. The number of anilines is 3. The van der Waals surface area contributed by atoms with Crippen molar-refractivity contribution in [1.29, 1.82) is 0 Å². The number of halogens is 3. The third-order valence-electron chi connectivity index (χ3n) is 3.80. The summed E-state index contributed by atoms with van der Waals surface area (Å²) >= 11 is 0. The number of hydrogen-bond acceptors (Lipinski definition) is 6. The van der Waals surface area contributed by atoms with Gasteiger partial charge in [-0.05, 0) is 44.2 Å². The van der Waals surface area contributed by atoms with Crippen LogP contribution in [0.3, 0.4) is 0 Å². The number of hydrogen-bond donors (Lipinski definition) is 4. The summed E-state index contributed by atoms with van der Waals surface area (Å²) in [6.07, 6.45) is -2.80. The Morgan fingerprint density at radius 1 is 1.17 bits per heavy atom. The van der Waals surface area contributed by atoms with E-state index in [9.17, 15) is 18.0 Å². The lowest BCUT2D eigenvalue weighted by Crippen LogP contribution is -2.34. The number of amides is 1. The smallest absolute Gasteiger partial charge is 0.405 e. The molecule has 0 aliphatic heterocycles. The molecule has 0 bridgehead atoms. The largest absolute Gasteiger partial charge is 0.484 e. The second-order valence-corrected chi connectivity index (χ2v) is 6.76. The summed E-state index contributed by atoms with van der Waals surface area (Å²) in [6.45, 7) is 2.40. The summed E-state index contributed by atoms with van der Waals surface area (Å²) in [5.74, 6) is 0.461. The van der Waals surface area contributed by atoms with Crippen molar-refractivity contribution in [3.63, 3.8) is 0 Å². The van der Waals surface area contributed by atoms with Crippen LogP contribution in [0.5, 0.6) is 5.75 Å². The van der Waals surface area contributed by atoms with Gasteiger partial charge in [-0.2, -0.15) is 23.1 Å². The number of aromatic nitrogens is 3. The maximum atomic E-state index is 12.6. The molecule has 0 unspecified atom stereocenters. The van der Waals surface area contributed by atoms with Crippen LogP contribution in [-0.2, 0) is 4.79 Å². The predicted molar refractivity (Wildman–Crippen MR) is 107 cm³/mol. The minimum absolute atomic E-state index is 0.0280. The molecule has 0 spiro atoms. The van der Waals surface area contributed by atoms with Gasteiger partial charge >= 0.3 is 6.18 Å². The van der Waals surface area contributed by atoms with Gasteiger partial charge < -0.3 is 25.7 Å². The molecular weight excluding hydrogens is 401 g/mol. The Kier molecular flexibility index (Phi) is 6.28. The lowest BCUT2D eigenvalue weighted by molar-refractivity contribution is -0.123. The van der Waals surface area contributed by atoms with Gasteiger partial charge in [-0.3, -0.25) is 4.79 Å². The molecule has 160 valence electrons. The number of alkyl halides is 3.